The lowest BCUT2D eigenvalue weighted by molar-refractivity contribution is 0.101. The summed E-state index contributed by atoms with van der Waals surface area (Å²) in [7, 11) is 0. The Morgan fingerprint density at radius 2 is 2.21 bits per heavy atom. The van der Waals surface area contributed by atoms with E-state index in [1.807, 2.05) is 13.0 Å². The van der Waals surface area contributed by atoms with Gasteiger partial charge in [-0.2, -0.15) is 0 Å². The number of carbonyl (C=O) groups is 1. The number of nitrogens with one attached hydrogen (secondary N) is 1. The van der Waals surface area contributed by atoms with Crippen molar-refractivity contribution >= 4 is 51.5 Å². The SMILES string of the molecule is CCn1cc(N)cc1C(=O)Nc1ccc(I)cc1Cl. The fourth-order valence-electron chi connectivity index (χ4n) is 1.76. The number of nitrogens with two attached hydrogens (primary N) is 1. The number of aromatic nitrogens is 1. The van der Waals surface area contributed by atoms with Crippen LogP contribution in [0.4, 0.5) is 11.4 Å². The molecule has 0 atom stereocenters. The zero-order valence-electron chi connectivity index (χ0n) is 10.3. The Hall–Kier alpha value is -1.21. The molecule has 100 valence electrons. The number of halogens is 2. The summed E-state index contributed by atoms with van der Waals surface area (Å²) in [6.07, 6.45) is 1.74. The maximum Gasteiger partial charge on any atom is 0.272 e. The lowest BCUT2D eigenvalue weighted by Gasteiger charge is -2.09. The molecule has 2 aromatic rings. The topological polar surface area (TPSA) is 60.0 Å². The molecular formula is C13H13ClIN3O. The van der Waals surface area contributed by atoms with Gasteiger partial charge in [-0.3, -0.25) is 4.79 Å². The quantitative estimate of drug-likeness (QED) is 0.788. The molecule has 4 nitrogen and oxygen atoms in total. The Morgan fingerprint density at radius 3 is 2.84 bits per heavy atom. The summed E-state index contributed by atoms with van der Waals surface area (Å²) in [4.78, 5) is 12.2. The summed E-state index contributed by atoms with van der Waals surface area (Å²) in [5.74, 6) is -0.221. The Labute approximate surface area is 130 Å². The highest BCUT2D eigenvalue weighted by atomic mass is 127. The van der Waals surface area contributed by atoms with Crippen LogP contribution in [0.25, 0.3) is 0 Å². The third kappa shape index (κ3) is 3.22. The van der Waals surface area contributed by atoms with Gasteiger partial charge in [0.05, 0.1) is 16.4 Å². The molecule has 1 amide bonds. The van der Waals surface area contributed by atoms with E-state index in [0.717, 1.165) is 3.57 Å². The molecule has 0 unspecified atom stereocenters. The molecule has 0 aliphatic heterocycles. The van der Waals surface area contributed by atoms with Crippen LogP contribution < -0.4 is 11.1 Å². The molecule has 1 aromatic heterocycles. The average molecular weight is 390 g/mol. The number of rotatable bonds is 3. The molecule has 2 rings (SSSR count). The number of nitrogens with zero attached hydrogens (tertiary/aromatic N) is 1. The van der Waals surface area contributed by atoms with Gasteiger partial charge in [0.15, 0.2) is 0 Å². The van der Waals surface area contributed by atoms with Crippen molar-refractivity contribution in [2.24, 2.45) is 0 Å². The van der Waals surface area contributed by atoms with Crippen molar-refractivity contribution in [2.75, 3.05) is 11.1 Å². The second-order valence-electron chi connectivity index (χ2n) is 4.02. The summed E-state index contributed by atoms with van der Waals surface area (Å²) < 4.78 is 2.81. The second kappa shape index (κ2) is 5.83. The molecule has 19 heavy (non-hydrogen) atoms. The smallest absolute Gasteiger partial charge is 0.272 e. The first-order valence-electron chi connectivity index (χ1n) is 5.73. The summed E-state index contributed by atoms with van der Waals surface area (Å²) in [6, 6.07) is 7.12. The van der Waals surface area contributed by atoms with Gasteiger partial charge in [0.1, 0.15) is 5.69 Å². The van der Waals surface area contributed by atoms with Crippen LogP contribution in [0.1, 0.15) is 17.4 Å². The molecular weight excluding hydrogens is 377 g/mol. The number of aryl methyl sites for hydroxylation is 1. The van der Waals surface area contributed by atoms with Gasteiger partial charge in [-0.1, -0.05) is 11.6 Å². The van der Waals surface area contributed by atoms with Crippen molar-refractivity contribution in [3.8, 4) is 0 Å². The van der Waals surface area contributed by atoms with Crippen LogP contribution in [0.3, 0.4) is 0 Å². The van der Waals surface area contributed by atoms with E-state index in [-0.39, 0.29) is 5.91 Å². The van der Waals surface area contributed by atoms with Crippen LogP contribution in [0.15, 0.2) is 30.5 Å². The highest BCUT2D eigenvalue weighted by molar-refractivity contribution is 14.1. The number of nitrogen functional groups attached to an aromatic ring is 1. The first-order chi connectivity index (χ1) is 9.01. The number of carbonyl (C=O) groups excluding carboxylic acids is 1. The van der Waals surface area contributed by atoms with Gasteiger partial charge in [0, 0.05) is 16.3 Å². The maximum atomic E-state index is 12.2. The van der Waals surface area contributed by atoms with E-state index in [2.05, 4.69) is 27.9 Å². The monoisotopic (exact) mass is 389 g/mol. The normalized spacial score (nSPS) is 10.5. The third-order valence-electron chi connectivity index (χ3n) is 2.67. The van der Waals surface area contributed by atoms with Crippen molar-refractivity contribution < 1.29 is 4.79 Å². The van der Waals surface area contributed by atoms with Crippen LogP contribution in [-0.4, -0.2) is 10.5 Å². The van der Waals surface area contributed by atoms with E-state index in [4.69, 9.17) is 17.3 Å². The summed E-state index contributed by atoms with van der Waals surface area (Å²) in [5, 5.41) is 3.31. The van der Waals surface area contributed by atoms with E-state index < -0.39 is 0 Å². The van der Waals surface area contributed by atoms with Crippen molar-refractivity contribution in [2.45, 2.75) is 13.5 Å². The van der Waals surface area contributed by atoms with Crippen LogP contribution in [0, 0.1) is 3.57 Å². The molecule has 6 heteroatoms. The number of hydrogen-bond acceptors (Lipinski definition) is 2. The van der Waals surface area contributed by atoms with Crippen LogP contribution in [-0.2, 0) is 6.54 Å². The molecule has 1 heterocycles. The molecule has 0 spiro atoms. The van der Waals surface area contributed by atoms with E-state index in [9.17, 15) is 4.79 Å². The fraction of sp³-hybridized carbons (Fsp3) is 0.154. The molecule has 1 aromatic carbocycles. The highest BCUT2D eigenvalue weighted by Crippen LogP contribution is 2.24. The van der Waals surface area contributed by atoms with Crippen molar-refractivity contribution in [3.63, 3.8) is 0 Å². The number of benzene rings is 1. The minimum absolute atomic E-state index is 0.221. The van der Waals surface area contributed by atoms with Gasteiger partial charge in [-0.05, 0) is 53.8 Å². The first-order valence-corrected chi connectivity index (χ1v) is 7.19. The predicted molar refractivity (Wildman–Crippen MR) is 86.6 cm³/mol. The van der Waals surface area contributed by atoms with Gasteiger partial charge in [-0.15, -0.1) is 0 Å². The van der Waals surface area contributed by atoms with Crippen LogP contribution in [0.5, 0.6) is 0 Å². The Balaban J connectivity index is 2.25. The van der Waals surface area contributed by atoms with E-state index in [1.54, 1.807) is 29.0 Å². The van der Waals surface area contributed by atoms with Gasteiger partial charge < -0.3 is 15.6 Å². The molecule has 0 aliphatic rings. The summed E-state index contributed by atoms with van der Waals surface area (Å²) in [6.45, 7) is 2.63. The van der Waals surface area contributed by atoms with Crippen LogP contribution in [0.2, 0.25) is 5.02 Å². The maximum absolute atomic E-state index is 12.2. The highest BCUT2D eigenvalue weighted by Gasteiger charge is 2.13. The van der Waals surface area contributed by atoms with Gasteiger partial charge >= 0.3 is 0 Å². The van der Waals surface area contributed by atoms with E-state index in [1.165, 1.54) is 0 Å². The Morgan fingerprint density at radius 1 is 1.47 bits per heavy atom. The Kier molecular flexibility index (Phi) is 4.36. The van der Waals surface area contributed by atoms with Crippen molar-refractivity contribution in [1.29, 1.82) is 0 Å². The summed E-state index contributed by atoms with van der Waals surface area (Å²) >= 11 is 8.25. The molecule has 0 aliphatic carbocycles. The standard InChI is InChI=1S/C13H13ClIN3O/c1-2-18-7-9(16)6-12(18)13(19)17-11-4-3-8(15)5-10(11)14/h3-7H,2,16H2,1H3,(H,17,19). The van der Waals surface area contributed by atoms with Gasteiger partial charge in [0.25, 0.3) is 5.91 Å². The van der Waals surface area contributed by atoms with Crippen LogP contribution >= 0.6 is 34.2 Å². The lowest BCUT2D eigenvalue weighted by Crippen LogP contribution is -2.16. The molecule has 3 N–H and O–H groups in total. The minimum Gasteiger partial charge on any atom is -0.397 e. The predicted octanol–water partition coefficient (Wildman–Crippen LogP) is 3.60. The van der Waals surface area contributed by atoms with E-state index >= 15 is 0 Å². The average Bonchev–Trinajstić information content (AvgIpc) is 2.74. The largest absolute Gasteiger partial charge is 0.397 e. The fourth-order valence-corrected chi connectivity index (χ4v) is 2.67. The van der Waals surface area contributed by atoms with Gasteiger partial charge in [0.2, 0.25) is 0 Å². The zero-order chi connectivity index (χ0) is 14.0. The molecule has 0 fully saturated rings. The number of amides is 1. The lowest BCUT2D eigenvalue weighted by atomic mass is 10.3. The molecule has 0 saturated carbocycles. The molecule has 0 radical (unpaired) electrons. The minimum atomic E-state index is -0.221. The second-order valence-corrected chi connectivity index (χ2v) is 5.68. The summed E-state index contributed by atoms with van der Waals surface area (Å²) in [5.41, 5.74) is 7.39. The number of anilines is 2. The Bertz CT molecular complexity index is 624. The molecule has 0 bridgehead atoms. The third-order valence-corrected chi connectivity index (χ3v) is 3.65. The van der Waals surface area contributed by atoms with Crippen molar-refractivity contribution in [1.82, 2.24) is 4.57 Å². The number of hydrogen-bond donors (Lipinski definition) is 2. The first kappa shape index (κ1) is 14.2. The zero-order valence-corrected chi connectivity index (χ0v) is 13.2. The van der Waals surface area contributed by atoms with E-state index in [0.29, 0.717) is 28.6 Å². The molecule has 0 saturated heterocycles. The van der Waals surface area contributed by atoms with Gasteiger partial charge in [-0.25, -0.2) is 0 Å². The van der Waals surface area contributed by atoms with Crippen molar-refractivity contribution in [3.05, 3.63) is 44.7 Å².